The minimum absolute atomic E-state index is 0.367. The predicted molar refractivity (Wildman–Crippen MR) is 60.6 cm³/mol. The summed E-state index contributed by atoms with van der Waals surface area (Å²) in [7, 11) is 1.97. The second-order valence-electron chi connectivity index (χ2n) is 4.92. The van der Waals surface area contributed by atoms with Crippen LogP contribution in [-0.2, 0) is 4.79 Å². The molecule has 1 heterocycles. The molecular formula is C12H22N2O. The van der Waals surface area contributed by atoms with Crippen molar-refractivity contribution in [2.75, 3.05) is 26.7 Å². The summed E-state index contributed by atoms with van der Waals surface area (Å²) in [5.74, 6) is 0.740. The van der Waals surface area contributed by atoms with Crippen molar-refractivity contribution in [3.63, 3.8) is 0 Å². The van der Waals surface area contributed by atoms with Crippen LogP contribution in [0, 0.1) is 5.92 Å². The van der Waals surface area contributed by atoms with Crippen molar-refractivity contribution in [2.24, 2.45) is 5.92 Å². The standard InChI is InChI=1S/C12H22N2O/c1-3-14-8-4-5-11(14)9-13(2)12(15)10-6-7-10/h10-11H,3-9H2,1-2H3. The lowest BCUT2D eigenvalue weighted by atomic mass is 10.2. The predicted octanol–water partition coefficient (Wildman–Crippen LogP) is 1.34. The minimum atomic E-state index is 0.367. The lowest BCUT2D eigenvalue weighted by molar-refractivity contribution is -0.131. The summed E-state index contributed by atoms with van der Waals surface area (Å²) < 4.78 is 0. The van der Waals surface area contributed by atoms with Crippen molar-refractivity contribution in [1.29, 1.82) is 0 Å². The Hall–Kier alpha value is -0.570. The second-order valence-corrected chi connectivity index (χ2v) is 4.92. The van der Waals surface area contributed by atoms with Crippen LogP contribution in [0.5, 0.6) is 0 Å². The number of carbonyl (C=O) groups excluding carboxylic acids is 1. The summed E-state index contributed by atoms with van der Waals surface area (Å²) in [6.07, 6.45) is 4.79. The van der Waals surface area contributed by atoms with E-state index in [2.05, 4.69) is 11.8 Å². The number of hydrogen-bond donors (Lipinski definition) is 0. The smallest absolute Gasteiger partial charge is 0.225 e. The Balaban J connectivity index is 1.81. The Morgan fingerprint density at radius 2 is 2.13 bits per heavy atom. The van der Waals surface area contributed by atoms with Gasteiger partial charge in [0.25, 0.3) is 0 Å². The SMILES string of the molecule is CCN1CCCC1CN(C)C(=O)C1CC1. The summed E-state index contributed by atoms with van der Waals surface area (Å²) in [6.45, 7) is 5.48. The van der Waals surface area contributed by atoms with Gasteiger partial charge < -0.3 is 4.90 Å². The van der Waals surface area contributed by atoms with Gasteiger partial charge in [0.15, 0.2) is 0 Å². The first-order valence-corrected chi connectivity index (χ1v) is 6.21. The molecule has 0 radical (unpaired) electrons. The molecule has 1 saturated carbocycles. The van der Waals surface area contributed by atoms with Crippen LogP contribution in [0.1, 0.15) is 32.6 Å². The third-order valence-corrected chi connectivity index (χ3v) is 3.69. The van der Waals surface area contributed by atoms with Gasteiger partial charge in [-0.2, -0.15) is 0 Å². The van der Waals surface area contributed by atoms with E-state index in [4.69, 9.17) is 0 Å². The van der Waals surface area contributed by atoms with Crippen LogP contribution in [-0.4, -0.2) is 48.4 Å². The summed E-state index contributed by atoms with van der Waals surface area (Å²) in [4.78, 5) is 16.2. The fourth-order valence-electron chi connectivity index (χ4n) is 2.57. The number of hydrogen-bond acceptors (Lipinski definition) is 2. The molecular weight excluding hydrogens is 188 g/mol. The molecule has 0 bridgehead atoms. The van der Waals surface area contributed by atoms with Crippen LogP contribution in [0.25, 0.3) is 0 Å². The molecule has 3 heteroatoms. The number of likely N-dealkylation sites (N-methyl/N-ethyl adjacent to an activating group) is 2. The van der Waals surface area contributed by atoms with Crippen molar-refractivity contribution in [3.05, 3.63) is 0 Å². The number of amides is 1. The molecule has 1 atom stereocenters. The zero-order chi connectivity index (χ0) is 10.8. The number of nitrogens with zero attached hydrogens (tertiary/aromatic N) is 2. The Kier molecular flexibility index (Phi) is 3.29. The quantitative estimate of drug-likeness (QED) is 0.699. The molecule has 3 nitrogen and oxygen atoms in total. The summed E-state index contributed by atoms with van der Waals surface area (Å²) >= 11 is 0. The maximum absolute atomic E-state index is 11.8. The molecule has 2 aliphatic rings. The fourth-order valence-corrected chi connectivity index (χ4v) is 2.57. The van der Waals surface area contributed by atoms with Crippen molar-refractivity contribution >= 4 is 5.91 Å². The summed E-state index contributed by atoms with van der Waals surface area (Å²) in [5, 5.41) is 0. The van der Waals surface area contributed by atoms with Crippen LogP contribution in [0.4, 0.5) is 0 Å². The maximum atomic E-state index is 11.8. The Morgan fingerprint density at radius 3 is 2.73 bits per heavy atom. The zero-order valence-corrected chi connectivity index (χ0v) is 9.91. The normalized spacial score (nSPS) is 26.9. The van der Waals surface area contributed by atoms with E-state index in [1.807, 2.05) is 11.9 Å². The van der Waals surface area contributed by atoms with E-state index >= 15 is 0 Å². The highest BCUT2D eigenvalue weighted by molar-refractivity contribution is 5.80. The van der Waals surface area contributed by atoms with Gasteiger partial charge in [0.1, 0.15) is 0 Å². The molecule has 0 aromatic rings. The molecule has 2 fully saturated rings. The van der Waals surface area contributed by atoms with Gasteiger partial charge in [0.05, 0.1) is 0 Å². The molecule has 2 rings (SSSR count). The molecule has 0 N–H and O–H groups in total. The van der Waals surface area contributed by atoms with Gasteiger partial charge in [-0.25, -0.2) is 0 Å². The van der Waals surface area contributed by atoms with E-state index in [0.717, 1.165) is 25.9 Å². The second kappa shape index (κ2) is 4.52. The third kappa shape index (κ3) is 2.51. The van der Waals surface area contributed by atoms with Crippen LogP contribution < -0.4 is 0 Å². The van der Waals surface area contributed by atoms with Crippen LogP contribution >= 0.6 is 0 Å². The lowest BCUT2D eigenvalue weighted by Crippen LogP contribution is -2.41. The first kappa shape index (κ1) is 10.9. The van der Waals surface area contributed by atoms with Crippen LogP contribution in [0.15, 0.2) is 0 Å². The molecule has 1 amide bonds. The largest absolute Gasteiger partial charge is 0.344 e. The molecule has 1 aliphatic heterocycles. The van der Waals surface area contributed by atoms with Gasteiger partial charge >= 0.3 is 0 Å². The van der Waals surface area contributed by atoms with Gasteiger partial charge in [-0.15, -0.1) is 0 Å². The number of carbonyl (C=O) groups is 1. The Bertz CT molecular complexity index is 238. The summed E-state index contributed by atoms with van der Waals surface area (Å²) in [6, 6.07) is 0.614. The van der Waals surface area contributed by atoms with Gasteiger partial charge in [0.2, 0.25) is 5.91 Å². The highest BCUT2D eigenvalue weighted by Gasteiger charge is 2.33. The highest BCUT2D eigenvalue weighted by Crippen LogP contribution is 2.31. The van der Waals surface area contributed by atoms with Crippen molar-refractivity contribution in [1.82, 2.24) is 9.80 Å². The van der Waals surface area contributed by atoms with Crippen LogP contribution in [0.3, 0.4) is 0 Å². The molecule has 0 spiro atoms. The molecule has 1 unspecified atom stereocenters. The summed E-state index contributed by atoms with van der Waals surface area (Å²) in [5.41, 5.74) is 0. The van der Waals surface area contributed by atoms with Crippen LogP contribution in [0.2, 0.25) is 0 Å². The first-order chi connectivity index (χ1) is 7.22. The molecule has 1 saturated heterocycles. The van der Waals surface area contributed by atoms with Gasteiger partial charge in [-0.05, 0) is 38.8 Å². The molecule has 15 heavy (non-hydrogen) atoms. The zero-order valence-electron chi connectivity index (χ0n) is 9.91. The number of rotatable bonds is 4. The Morgan fingerprint density at radius 1 is 1.40 bits per heavy atom. The van der Waals surface area contributed by atoms with Crippen molar-refractivity contribution in [3.8, 4) is 0 Å². The number of likely N-dealkylation sites (tertiary alicyclic amines) is 1. The average molecular weight is 210 g/mol. The van der Waals surface area contributed by atoms with E-state index < -0.39 is 0 Å². The minimum Gasteiger partial charge on any atom is -0.344 e. The van der Waals surface area contributed by atoms with Gasteiger partial charge in [-0.3, -0.25) is 9.69 Å². The molecule has 86 valence electrons. The third-order valence-electron chi connectivity index (χ3n) is 3.69. The van der Waals surface area contributed by atoms with E-state index in [9.17, 15) is 4.79 Å². The maximum Gasteiger partial charge on any atom is 0.225 e. The van der Waals surface area contributed by atoms with E-state index in [0.29, 0.717) is 17.9 Å². The monoisotopic (exact) mass is 210 g/mol. The average Bonchev–Trinajstić information content (AvgIpc) is 2.99. The highest BCUT2D eigenvalue weighted by atomic mass is 16.2. The Labute approximate surface area is 92.4 Å². The van der Waals surface area contributed by atoms with Gasteiger partial charge in [-0.1, -0.05) is 6.92 Å². The fraction of sp³-hybridized carbons (Fsp3) is 0.917. The van der Waals surface area contributed by atoms with Crippen molar-refractivity contribution < 1.29 is 4.79 Å². The van der Waals surface area contributed by atoms with Crippen molar-refractivity contribution in [2.45, 2.75) is 38.6 Å². The molecule has 0 aromatic carbocycles. The molecule has 1 aliphatic carbocycles. The first-order valence-electron chi connectivity index (χ1n) is 6.21. The van der Waals surface area contributed by atoms with E-state index in [-0.39, 0.29) is 0 Å². The lowest BCUT2D eigenvalue weighted by Gasteiger charge is -2.27. The van der Waals surface area contributed by atoms with E-state index in [1.165, 1.54) is 19.4 Å². The van der Waals surface area contributed by atoms with Gasteiger partial charge in [0, 0.05) is 25.6 Å². The van der Waals surface area contributed by atoms with E-state index in [1.54, 1.807) is 0 Å². The topological polar surface area (TPSA) is 23.6 Å². The molecule has 0 aromatic heterocycles.